The van der Waals surface area contributed by atoms with Crippen molar-refractivity contribution in [2.45, 2.75) is 20.8 Å². The van der Waals surface area contributed by atoms with Gasteiger partial charge < -0.3 is 0 Å². The molecule has 3 rings (SSSR count). The molecule has 0 aliphatic rings. The molecule has 0 heterocycles. The SMILES string of the molecule is Cc1ccc(P(c2ccccc2[N+](=O)[O-])c2ccccc2[N+](=O)[O-])c(C)c1C. The predicted octanol–water partition coefficient (Wildman–Crippen LogP) is 4.19. The summed E-state index contributed by atoms with van der Waals surface area (Å²) >= 11 is 0. The maximum Gasteiger partial charge on any atom is 0.277 e. The summed E-state index contributed by atoms with van der Waals surface area (Å²) in [6.07, 6.45) is 0. The van der Waals surface area contributed by atoms with Crippen molar-refractivity contribution in [3.8, 4) is 0 Å². The van der Waals surface area contributed by atoms with Crippen molar-refractivity contribution in [1.82, 2.24) is 0 Å². The van der Waals surface area contributed by atoms with E-state index in [4.69, 9.17) is 0 Å². The molecule has 7 heteroatoms. The summed E-state index contributed by atoms with van der Waals surface area (Å²) in [6, 6.07) is 16.9. The van der Waals surface area contributed by atoms with Crippen LogP contribution in [0, 0.1) is 41.0 Å². The Hall–Kier alpha value is -3.11. The molecule has 0 bridgehead atoms. The van der Waals surface area contributed by atoms with Gasteiger partial charge in [-0.25, -0.2) is 0 Å². The zero-order chi connectivity index (χ0) is 20.4. The van der Waals surface area contributed by atoms with E-state index < -0.39 is 17.8 Å². The van der Waals surface area contributed by atoms with Crippen molar-refractivity contribution >= 4 is 35.2 Å². The minimum atomic E-state index is -1.49. The lowest BCUT2D eigenvalue weighted by molar-refractivity contribution is -0.383. The second kappa shape index (κ2) is 7.87. The first-order valence-electron chi connectivity index (χ1n) is 8.66. The molecule has 0 saturated carbocycles. The van der Waals surface area contributed by atoms with E-state index in [-0.39, 0.29) is 11.4 Å². The number of nitro groups is 2. The normalized spacial score (nSPS) is 10.9. The third-order valence-electron chi connectivity index (χ3n) is 4.91. The second-order valence-electron chi connectivity index (χ2n) is 6.48. The quantitative estimate of drug-likeness (QED) is 0.369. The molecular formula is C21H19N2O4P. The van der Waals surface area contributed by atoms with Gasteiger partial charge in [-0.2, -0.15) is 0 Å². The largest absolute Gasteiger partial charge is 0.277 e. The Morgan fingerprint density at radius 1 is 0.643 bits per heavy atom. The van der Waals surface area contributed by atoms with E-state index in [9.17, 15) is 20.2 Å². The number of nitrogens with zero attached hydrogens (tertiary/aromatic N) is 2. The van der Waals surface area contributed by atoms with Crippen LogP contribution in [0.3, 0.4) is 0 Å². The standard InChI is InChI=1S/C21H19N2O4P/c1-14-12-13-19(16(3)15(14)2)28(20-10-6-4-8-17(20)22(24)25)21-11-7-5-9-18(21)23(26)27/h4-13H,1-3H3. The highest BCUT2D eigenvalue weighted by Gasteiger charge is 2.31. The Labute approximate surface area is 163 Å². The number of para-hydroxylation sites is 2. The van der Waals surface area contributed by atoms with Crippen LogP contribution >= 0.6 is 7.92 Å². The van der Waals surface area contributed by atoms with Crippen LogP contribution < -0.4 is 15.9 Å². The molecule has 3 aromatic carbocycles. The zero-order valence-electron chi connectivity index (χ0n) is 15.7. The monoisotopic (exact) mass is 394 g/mol. The van der Waals surface area contributed by atoms with Crippen molar-refractivity contribution in [2.24, 2.45) is 0 Å². The van der Waals surface area contributed by atoms with E-state index in [1.165, 1.54) is 12.1 Å². The smallest absolute Gasteiger partial charge is 0.258 e. The Morgan fingerprint density at radius 2 is 1.11 bits per heavy atom. The van der Waals surface area contributed by atoms with E-state index in [0.29, 0.717) is 10.6 Å². The molecule has 0 saturated heterocycles. The molecule has 0 N–H and O–H groups in total. The highest BCUT2D eigenvalue weighted by Crippen LogP contribution is 2.40. The minimum Gasteiger partial charge on any atom is -0.258 e. The van der Waals surface area contributed by atoms with Gasteiger partial charge in [0.15, 0.2) is 0 Å². The maximum atomic E-state index is 11.7. The summed E-state index contributed by atoms with van der Waals surface area (Å²) in [4.78, 5) is 22.5. The van der Waals surface area contributed by atoms with Crippen molar-refractivity contribution in [1.29, 1.82) is 0 Å². The van der Waals surface area contributed by atoms with Gasteiger partial charge in [-0.1, -0.05) is 36.4 Å². The number of aryl methyl sites for hydroxylation is 1. The zero-order valence-corrected chi connectivity index (χ0v) is 16.6. The summed E-state index contributed by atoms with van der Waals surface area (Å²) in [7, 11) is -1.49. The molecule has 3 aromatic rings. The Kier molecular flexibility index (Phi) is 5.52. The van der Waals surface area contributed by atoms with Crippen LogP contribution in [0.25, 0.3) is 0 Å². The summed E-state index contributed by atoms with van der Waals surface area (Å²) < 4.78 is 0. The number of hydrogen-bond acceptors (Lipinski definition) is 4. The van der Waals surface area contributed by atoms with Crippen LogP contribution in [0.2, 0.25) is 0 Å². The highest BCUT2D eigenvalue weighted by atomic mass is 31.1. The average Bonchev–Trinajstić information content (AvgIpc) is 2.68. The van der Waals surface area contributed by atoms with Crippen molar-refractivity contribution in [2.75, 3.05) is 0 Å². The first kappa shape index (κ1) is 19.6. The van der Waals surface area contributed by atoms with Gasteiger partial charge in [0.1, 0.15) is 0 Å². The van der Waals surface area contributed by atoms with E-state index in [2.05, 4.69) is 0 Å². The molecule has 0 fully saturated rings. The highest BCUT2D eigenvalue weighted by molar-refractivity contribution is 7.80. The molecule has 28 heavy (non-hydrogen) atoms. The lowest BCUT2D eigenvalue weighted by Crippen LogP contribution is -2.26. The lowest BCUT2D eigenvalue weighted by Gasteiger charge is -2.22. The molecule has 0 spiro atoms. The third kappa shape index (κ3) is 3.51. The molecule has 0 aliphatic heterocycles. The van der Waals surface area contributed by atoms with E-state index >= 15 is 0 Å². The number of benzene rings is 3. The van der Waals surface area contributed by atoms with Gasteiger partial charge in [0, 0.05) is 20.1 Å². The van der Waals surface area contributed by atoms with Crippen LogP contribution in [0.1, 0.15) is 16.7 Å². The predicted molar refractivity (Wildman–Crippen MR) is 113 cm³/mol. The van der Waals surface area contributed by atoms with Gasteiger partial charge in [-0.3, -0.25) is 20.2 Å². The van der Waals surface area contributed by atoms with Crippen LogP contribution in [0.5, 0.6) is 0 Å². The van der Waals surface area contributed by atoms with Crippen LogP contribution in [0.4, 0.5) is 11.4 Å². The fourth-order valence-electron chi connectivity index (χ4n) is 3.19. The second-order valence-corrected chi connectivity index (χ2v) is 8.59. The van der Waals surface area contributed by atoms with Gasteiger partial charge in [-0.05, 0) is 54.9 Å². The molecule has 0 unspecified atom stereocenters. The van der Waals surface area contributed by atoms with Gasteiger partial charge in [0.05, 0.1) is 20.5 Å². The van der Waals surface area contributed by atoms with Gasteiger partial charge in [-0.15, -0.1) is 0 Å². The van der Waals surface area contributed by atoms with Crippen LogP contribution in [0.15, 0.2) is 60.7 Å². The van der Waals surface area contributed by atoms with Gasteiger partial charge in [0.2, 0.25) is 0 Å². The Balaban J connectivity index is 2.39. The topological polar surface area (TPSA) is 86.3 Å². The Morgan fingerprint density at radius 3 is 1.57 bits per heavy atom. The maximum absolute atomic E-state index is 11.7. The van der Waals surface area contributed by atoms with E-state index in [1.807, 2.05) is 32.9 Å². The van der Waals surface area contributed by atoms with Crippen molar-refractivity contribution in [3.05, 3.63) is 97.6 Å². The van der Waals surface area contributed by atoms with Crippen LogP contribution in [-0.2, 0) is 0 Å². The molecule has 0 aliphatic carbocycles. The first-order chi connectivity index (χ1) is 13.3. The molecular weight excluding hydrogens is 375 g/mol. The third-order valence-corrected chi connectivity index (χ3v) is 7.60. The van der Waals surface area contributed by atoms with Crippen molar-refractivity contribution < 1.29 is 9.85 Å². The summed E-state index contributed by atoms with van der Waals surface area (Å²) in [5, 5.41) is 25.3. The van der Waals surface area contributed by atoms with E-state index in [1.54, 1.807) is 36.4 Å². The lowest BCUT2D eigenvalue weighted by atomic mass is 10.1. The van der Waals surface area contributed by atoms with Gasteiger partial charge in [0.25, 0.3) is 11.4 Å². The molecule has 142 valence electrons. The number of nitro benzene ring substituents is 2. The molecule has 0 atom stereocenters. The number of rotatable bonds is 5. The van der Waals surface area contributed by atoms with Crippen molar-refractivity contribution in [3.63, 3.8) is 0 Å². The molecule has 0 amide bonds. The summed E-state index contributed by atoms with van der Waals surface area (Å²) in [5.41, 5.74) is 3.15. The summed E-state index contributed by atoms with van der Waals surface area (Å²) in [5.74, 6) is 0. The summed E-state index contributed by atoms with van der Waals surface area (Å²) in [6.45, 7) is 5.97. The molecule has 0 radical (unpaired) electrons. The minimum absolute atomic E-state index is 0.0237. The van der Waals surface area contributed by atoms with Crippen LogP contribution in [-0.4, -0.2) is 9.85 Å². The van der Waals surface area contributed by atoms with E-state index in [0.717, 1.165) is 22.0 Å². The fourth-order valence-corrected chi connectivity index (χ4v) is 5.93. The average molecular weight is 394 g/mol. The first-order valence-corrected chi connectivity index (χ1v) is 10.0. The fraction of sp³-hybridized carbons (Fsp3) is 0.143. The van der Waals surface area contributed by atoms with Gasteiger partial charge >= 0.3 is 0 Å². The number of hydrogen-bond donors (Lipinski definition) is 0. The Bertz CT molecular complexity index is 1020. The molecule has 0 aromatic heterocycles. The molecule has 6 nitrogen and oxygen atoms in total.